The van der Waals surface area contributed by atoms with Gasteiger partial charge in [0.05, 0.1) is 0 Å². The van der Waals surface area contributed by atoms with Gasteiger partial charge in [0.25, 0.3) is 0 Å². The van der Waals surface area contributed by atoms with Crippen molar-refractivity contribution in [3.8, 4) is 0 Å². The van der Waals surface area contributed by atoms with Crippen LogP contribution >= 0.6 is 0 Å². The predicted molar refractivity (Wildman–Crippen MR) is 86.3 cm³/mol. The number of amides is 2. The van der Waals surface area contributed by atoms with Gasteiger partial charge in [-0.15, -0.1) is 0 Å². The van der Waals surface area contributed by atoms with Crippen molar-refractivity contribution >= 4 is 11.8 Å². The van der Waals surface area contributed by atoms with Crippen LogP contribution in [0.3, 0.4) is 0 Å². The first-order valence-electron chi connectivity index (χ1n) is 7.96. The van der Waals surface area contributed by atoms with Crippen LogP contribution in [0.15, 0.2) is 24.3 Å². The summed E-state index contributed by atoms with van der Waals surface area (Å²) < 4.78 is 13.4. The number of hydrogen-bond acceptors (Lipinski definition) is 3. The van der Waals surface area contributed by atoms with Gasteiger partial charge in [-0.1, -0.05) is 12.1 Å². The normalized spacial score (nSPS) is 16.0. The second-order valence-electron chi connectivity index (χ2n) is 6.05. The van der Waals surface area contributed by atoms with E-state index in [-0.39, 0.29) is 17.6 Å². The van der Waals surface area contributed by atoms with E-state index in [1.165, 1.54) is 12.1 Å². The number of carbonyl (C=O) groups excluding carboxylic acids is 2. The van der Waals surface area contributed by atoms with E-state index in [4.69, 9.17) is 0 Å². The van der Waals surface area contributed by atoms with Crippen molar-refractivity contribution in [2.24, 2.45) is 0 Å². The molecular formula is C17H24FN3O2. The van der Waals surface area contributed by atoms with Crippen molar-refractivity contribution in [3.63, 3.8) is 0 Å². The fourth-order valence-electron chi connectivity index (χ4n) is 2.88. The second-order valence-corrected chi connectivity index (χ2v) is 6.05. The van der Waals surface area contributed by atoms with Crippen molar-refractivity contribution in [2.45, 2.75) is 25.3 Å². The van der Waals surface area contributed by atoms with Crippen molar-refractivity contribution < 1.29 is 14.0 Å². The second kappa shape index (κ2) is 8.06. The first-order valence-corrected chi connectivity index (χ1v) is 7.96. The number of rotatable bonds is 7. The third-order valence-corrected chi connectivity index (χ3v) is 4.00. The summed E-state index contributed by atoms with van der Waals surface area (Å²) >= 11 is 0. The lowest BCUT2D eigenvalue weighted by molar-refractivity contribution is -0.127. The van der Waals surface area contributed by atoms with Gasteiger partial charge in [0.1, 0.15) is 11.9 Å². The van der Waals surface area contributed by atoms with Gasteiger partial charge in [0.15, 0.2) is 0 Å². The van der Waals surface area contributed by atoms with Crippen LogP contribution in [0.1, 0.15) is 30.9 Å². The zero-order chi connectivity index (χ0) is 16.8. The number of carbonyl (C=O) groups is 2. The van der Waals surface area contributed by atoms with E-state index in [9.17, 15) is 14.0 Å². The van der Waals surface area contributed by atoms with E-state index >= 15 is 0 Å². The summed E-state index contributed by atoms with van der Waals surface area (Å²) in [6.45, 7) is 1.99. The van der Waals surface area contributed by atoms with Gasteiger partial charge < -0.3 is 10.2 Å². The average molecular weight is 321 g/mol. The number of likely N-dealkylation sites (N-methyl/N-ethyl adjacent to an activating group) is 1. The average Bonchev–Trinajstić information content (AvgIpc) is 2.89. The standard InChI is InChI=1S/C17H24FN3O2/c1-20(2)16(13-6-3-7-14(18)12-13)17(23)19-9-5-11-21-10-4-8-15(21)22/h3,6-7,12,16H,4-5,8-11H2,1-2H3,(H,19,23)/t16-/m1/s1. The third kappa shape index (κ3) is 4.76. The molecule has 0 radical (unpaired) electrons. The van der Waals surface area contributed by atoms with E-state index in [1.807, 2.05) is 4.90 Å². The molecule has 1 aromatic carbocycles. The highest BCUT2D eigenvalue weighted by atomic mass is 19.1. The topological polar surface area (TPSA) is 52.7 Å². The third-order valence-electron chi connectivity index (χ3n) is 4.00. The van der Waals surface area contributed by atoms with Crippen LogP contribution < -0.4 is 5.32 Å². The Labute approximate surface area is 136 Å². The minimum Gasteiger partial charge on any atom is -0.354 e. The number of likely N-dealkylation sites (tertiary alicyclic amines) is 1. The maximum atomic E-state index is 13.4. The van der Waals surface area contributed by atoms with E-state index in [0.717, 1.165) is 19.4 Å². The van der Waals surface area contributed by atoms with E-state index < -0.39 is 6.04 Å². The first kappa shape index (κ1) is 17.4. The molecule has 5 nitrogen and oxygen atoms in total. The Bertz CT molecular complexity index is 563. The molecule has 1 aliphatic heterocycles. The van der Waals surface area contributed by atoms with Crippen LogP contribution in [0.2, 0.25) is 0 Å². The molecule has 1 aromatic rings. The molecule has 6 heteroatoms. The summed E-state index contributed by atoms with van der Waals surface area (Å²) in [7, 11) is 3.58. The molecule has 1 aliphatic rings. The lowest BCUT2D eigenvalue weighted by Crippen LogP contribution is -2.38. The lowest BCUT2D eigenvalue weighted by Gasteiger charge is -2.24. The largest absolute Gasteiger partial charge is 0.354 e. The molecule has 0 spiro atoms. The van der Waals surface area contributed by atoms with E-state index in [0.29, 0.717) is 25.1 Å². The lowest BCUT2D eigenvalue weighted by atomic mass is 10.1. The number of nitrogens with zero attached hydrogens (tertiary/aromatic N) is 2. The highest BCUT2D eigenvalue weighted by molar-refractivity contribution is 5.83. The van der Waals surface area contributed by atoms with Gasteiger partial charge >= 0.3 is 0 Å². The zero-order valence-electron chi connectivity index (χ0n) is 13.7. The van der Waals surface area contributed by atoms with Crippen LogP contribution in [0, 0.1) is 5.82 Å². The Morgan fingerprint density at radius 3 is 2.83 bits per heavy atom. The number of nitrogens with one attached hydrogen (secondary N) is 1. The minimum absolute atomic E-state index is 0.159. The Hall–Kier alpha value is -1.95. The van der Waals surface area contributed by atoms with Gasteiger partial charge in [-0.2, -0.15) is 0 Å². The molecule has 23 heavy (non-hydrogen) atoms. The van der Waals surface area contributed by atoms with Crippen molar-refractivity contribution in [2.75, 3.05) is 33.7 Å². The van der Waals surface area contributed by atoms with Crippen LogP contribution in [0.5, 0.6) is 0 Å². The Morgan fingerprint density at radius 2 is 2.22 bits per heavy atom. The molecule has 0 bridgehead atoms. The number of halogens is 1. The smallest absolute Gasteiger partial charge is 0.241 e. The van der Waals surface area contributed by atoms with Gasteiger partial charge in [-0.05, 0) is 44.6 Å². The van der Waals surface area contributed by atoms with Gasteiger partial charge in [-0.3, -0.25) is 14.5 Å². The SMILES string of the molecule is CN(C)[C@@H](C(=O)NCCCN1CCCC1=O)c1cccc(F)c1. The highest BCUT2D eigenvalue weighted by Crippen LogP contribution is 2.19. The first-order chi connectivity index (χ1) is 11.0. The molecule has 0 aliphatic carbocycles. The molecule has 0 aromatic heterocycles. The van der Waals surface area contributed by atoms with E-state index in [2.05, 4.69) is 5.32 Å². The maximum absolute atomic E-state index is 13.4. The molecule has 2 rings (SSSR count). The Balaban J connectivity index is 1.85. The van der Waals surface area contributed by atoms with Crippen LogP contribution in [0.25, 0.3) is 0 Å². The molecule has 1 heterocycles. The highest BCUT2D eigenvalue weighted by Gasteiger charge is 2.23. The summed E-state index contributed by atoms with van der Waals surface area (Å²) in [4.78, 5) is 27.5. The monoisotopic (exact) mass is 321 g/mol. The molecule has 2 amide bonds. The molecule has 0 unspecified atom stereocenters. The molecule has 1 atom stereocenters. The Kier molecular flexibility index (Phi) is 6.10. The van der Waals surface area contributed by atoms with E-state index in [1.54, 1.807) is 31.1 Å². The summed E-state index contributed by atoms with van der Waals surface area (Å²) in [5, 5.41) is 2.88. The summed E-state index contributed by atoms with van der Waals surface area (Å²) in [5.41, 5.74) is 0.627. The van der Waals surface area contributed by atoms with Gasteiger partial charge in [0.2, 0.25) is 11.8 Å². The fraction of sp³-hybridized carbons (Fsp3) is 0.529. The predicted octanol–water partition coefficient (Wildman–Crippen LogP) is 1.56. The van der Waals surface area contributed by atoms with Gasteiger partial charge in [-0.25, -0.2) is 4.39 Å². The molecule has 1 saturated heterocycles. The fourth-order valence-corrected chi connectivity index (χ4v) is 2.88. The Morgan fingerprint density at radius 1 is 1.43 bits per heavy atom. The summed E-state index contributed by atoms with van der Waals surface area (Å²) in [5.74, 6) is -0.315. The summed E-state index contributed by atoms with van der Waals surface area (Å²) in [6.07, 6.45) is 2.28. The quantitative estimate of drug-likeness (QED) is 0.776. The minimum atomic E-state index is -0.529. The molecular weight excluding hydrogens is 297 g/mol. The van der Waals surface area contributed by atoms with Crippen molar-refractivity contribution in [1.29, 1.82) is 0 Å². The zero-order valence-corrected chi connectivity index (χ0v) is 13.7. The molecule has 1 N–H and O–H groups in total. The number of hydrogen-bond donors (Lipinski definition) is 1. The van der Waals surface area contributed by atoms with Crippen molar-refractivity contribution in [1.82, 2.24) is 15.1 Å². The van der Waals surface area contributed by atoms with Crippen molar-refractivity contribution in [3.05, 3.63) is 35.6 Å². The van der Waals surface area contributed by atoms with Crippen LogP contribution in [0.4, 0.5) is 4.39 Å². The van der Waals surface area contributed by atoms with Crippen LogP contribution in [-0.4, -0.2) is 55.3 Å². The number of benzene rings is 1. The molecule has 126 valence electrons. The van der Waals surface area contributed by atoms with Gasteiger partial charge in [0, 0.05) is 26.1 Å². The molecule has 0 saturated carbocycles. The van der Waals surface area contributed by atoms with Crippen LogP contribution in [-0.2, 0) is 9.59 Å². The summed E-state index contributed by atoms with van der Waals surface area (Å²) in [6, 6.07) is 5.57. The maximum Gasteiger partial charge on any atom is 0.241 e. The molecule has 1 fully saturated rings.